The summed E-state index contributed by atoms with van der Waals surface area (Å²) in [4.78, 5) is 3.02. The summed E-state index contributed by atoms with van der Waals surface area (Å²) in [6, 6.07) is 7.80. The topological polar surface area (TPSA) is 49.4 Å². The first-order valence-electron chi connectivity index (χ1n) is 7.32. The number of fused-ring (bicyclic) bond motifs is 1. The number of hydrogen-bond acceptors (Lipinski definition) is 4. The Morgan fingerprint density at radius 3 is 2.90 bits per heavy atom. The van der Waals surface area contributed by atoms with E-state index in [0.717, 1.165) is 31.6 Å². The number of hydrogen-bond donors (Lipinski definition) is 1. The molecule has 20 heavy (non-hydrogen) atoms. The highest BCUT2D eigenvalue weighted by Crippen LogP contribution is 2.38. The van der Waals surface area contributed by atoms with Crippen LogP contribution in [0.2, 0.25) is 0 Å². The predicted molar refractivity (Wildman–Crippen MR) is 79.5 cm³/mol. The van der Waals surface area contributed by atoms with E-state index in [-0.39, 0.29) is 11.8 Å². The first-order chi connectivity index (χ1) is 9.62. The minimum atomic E-state index is -3.07. The van der Waals surface area contributed by atoms with Crippen molar-refractivity contribution in [1.82, 2.24) is 10.2 Å². The zero-order valence-electron chi connectivity index (χ0n) is 11.9. The van der Waals surface area contributed by atoms with Crippen molar-refractivity contribution in [1.29, 1.82) is 0 Å². The number of likely N-dealkylation sites (tertiary alicyclic amines) is 1. The fourth-order valence-electron chi connectivity index (χ4n) is 3.55. The van der Waals surface area contributed by atoms with Crippen LogP contribution in [0.25, 0.3) is 0 Å². The van der Waals surface area contributed by atoms with E-state index in [1.807, 2.05) is 25.2 Å². The third-order valence-corrected chi connectivity index (χ3v) is 6.34. The van der Waals surface area contributed by atoms with Crippen LogP contribution in [-0.2, 0) is 9.84 Å². The molecule has 0 spiro atoms. The molecule has 2 aliphatic heterocycles. The Hall–Kier alpha value is -0.910. The van der Waals surface area contributed by atoms with Crippen LogP contribution in [0.1, 0.15) is 24.4 Å². The van der Waals surface area contributed by atoms with Gasteiger partial charge in [0.25, 0.3) is 0 Å². The van der Waals surface area contributed by atoms with E-state index in [1.165, 1.54) is 6.42 Å². The van der Waals surface area contributed by atoms with Crippen molar-refractivity contribution >= 4 is 9.84 Å². The summed E-state index contributed by atoms with van der Waals surface area (Å²) >= 11 is 0. The second-order valence-corrected chi connectivity index (χ2v) is 7.95. The molecule has 1 aromatic rings. The largest absolute Gasteiger partial charge is 0.319 e. The predicted octanol–water partition coefficient (Wildman–Crippen LogP) is 1.45. The average molecular weight is 294 g/mol. The highest BCUT2D eigenvalue weighted by Gasteiger charge is 2.36. The Morgan fingerprint density at radius 1 is 1.30 bits per heavy atom. The summed E-state index contributed by atoms with van der Waals surface area (Å²) in [5, 5.41) is 3.24. The lowest BCUT2D eigenvalue weighted by molar-refractivity contribution is 0.225. The SMILES string of the molecule is CNCC1CCN(C2CCS(=O)(=O)c3ccccc32)C1. The Kier molecular flexibility index (Phi) is 3.84. The summed E-state index contributed by atoms with van der Waals surface area (Å²) in [5.41, 5.74) is 1.00. The van der Waals surface area contributed by atoms with Crippen molar-refractivity contribution in [2.24, 2.45) is 5.92 Å². The molecular weight excluding hydrogens is 272 g/mol. The zero-order chi connectivity index (χ0) is 14.2. The Labute approximate surface area is 121 Å². The molecule has 3 rings (SSSR count). The van der Waals surface area contributed by atoms with Crippen molar-refractivity contribution in [2.45, 2.75) is 23.8 Å². The molecule has 1 aromatic carbocycles. The number of nitrogens with zero attached hydrogens (tertiary/aromatic N) is 1. The van der Waals surface area contributed by atoms with Crippen LogP contribution in [0.15, 0.2) is 29.2 Å². The van der Waals surface area contributed by atoms with Gasteiger partial charge in [0.1, 0.15) is 0 Å². The number of nitrogens with one attached hydrogen (secondary N) is 1. The minimum Gasteiger partial charge on any atom is -0.319 e. The number of rotatable bonds is 3. The molecule has 1 fully saturated rings. The molecule has 4 nitrogen and oxygen atoms in total. The molecule has 2 unspecified atom stereocenters. The highest BCUT2D eigenvalue weighted by molar-refractivity contribution is 7.91. The van der Waals surface area contributed by atoms with E-state index in [0.29, 0.717) is 10.8 Å². The third kappa shape index (κ3) is 2.50. The smallest absolute Gasteiger partial charge is 0.178 e. The van der Waals surface area contributed by atoms with Gasteiger partial charge < -0.3 is 5.32 Å². The molecular formula is C15H22N2O2S. The van der Waals surface area contributed by atoms with Crippen molar-refractivity contribution in [3.05, 3.63) is 29.8 Å². The van der Waals surface area contributed by atoms with Gasteiger partial charge in [-0.15, -0.1) is 0 Å². The molecule has 0 aliphatic carbocycles. The molecule has 0 amide bonds. The van der Waals surface area contributed by atoms with Crippen LogP contribution < -0.4 is 5.32 Å². The molecule has 0 saturated carbocycles. The monoisotopic (exact) mass is 294 g/mol. The van der Waals surface area contributed by atoms with Gasteiger partial charge in [-0.1, -0.05) is 18.2 Å². The summed E-state index contributed by atoms with van der Waals surface area (Å²) in [6.45, 7) is 3.19. The summed E-state index contributed by atoms with van der Waals surface area (Å²) < 4.78 is 24.3. The lowest BCUT2D eigenvalue weighted by atomic mass is 10.0. The maximum absolute atomic E-state index is 12.2. The lowest BCUT2D eigenvalue weighted by Crippen LogP contribution is -2.33. The van der Waals surface area contributed by atoms with Gasteiger partial charge in [-0.2, -0.15) is 0 Å². The van der Waals surface area contributed by atoms with Crippen molar-refractivity contribution in [2.75, 3.05) is 32.4 Å². The number of sulfone groups is 1. The van der Waals surface area contributed by atoms with Crippen LogP contribution in [0.3, 0.4) is 0 Å². The Balaban J connectivity index is 1.86. The molecule has 2 heterocycles. The Morgan fingerprint density at radius 2 is 2.10 bits per heavy atom. The van der Waals surface area contributed by atoms with Crippen LogP contribution >= 0.6 is 0 Å². The van der Waals surface area contributed by atoms with Crippen LogP contribution in [0.5, 0.6) is 0 Å². The second-order valence-electron chi connectivity index (χ2n) is 5.87. The standard InChI is InChI=1S/C15H22N2O2S/c1-16-10-12-6-8-17(11-12)14-7-9-20(18,19)15-5-3-2-4-13(14)15/h2-5,12,14,16H,6-11H2,1H3. The van der Waals surface area contributed by atoms with Crippen LogP contribution in [0, 0.1) is 5.92 Å². The third-order valence-electron chi connectivity index (χ3n) is 4.52. The van der Waals surface area contributed by atoms with Gasteiger partial charge in [-0.05, 0) is 50.5 Å². The normalized spacial score (nSPS) is 29.2. The highest BCUT2D eigenvalue weighted by atomic mass is 32.2. The van der Waals surface area contributed by atoms with Crippen molar-refractivity contribution in [3.8, 4) is 0 Å². The van der Waals surface area contributed by atoms with Gasteiger partial charge in [0, 0.05) is 12.6 Å². The van der Waals surface area contributed by atoms with Gasteiger partial charge in [0.15, 0.2) is 9.84 Å². The maximum atomic E-state index is 12.2. The minimum absolute atomic E-state index is 0.275. The van der Waals surface area contributed by atoms with E-state index in [4.69, 9.17) is 0 Å². The number of benzene rings is 1. The fraction of sp³-hybridized carbons (Fsp3) is 0.600. The van der Waals surface area contributed by atoms with Gasteiger partial charge >= 0.3 is 0 Å². The van der Waals surface area contributed by atoms with Crippen LogP contribution in [-0.4, -0.2) is 45.8 Å². The fourth-order valence-corrected chi connectivity index (χ4v) is 5.15. The van der Waals surface area contributed by atoms with E-state index in [1.54, 1.807) is 6.07 Å². The summed E-state index contributed by atoms with van der Waals surface area (Å²) in [6.07, 6.45) is 1.93. The van der Waals surface area contributed by atoms with Gasteiger partial charge in [0.2, 0.25) is 0 Å². The summed E-state index contributed by atoms with van der Waals surface area (Å²) in [5.74, 6) is 0.965. The van der Waals surface area contributed by atoms with Gasteiger partial charge in [-0.3, -0.25) is 4.90 Å². The molecule has 2 atom stereocenters. The van der Waals surface area contributed by atoms with E-state index in [2.05, 4.69) is 10.2 Å². The quantitative estimate of drug-likeness (QED) is 0.916. The van der Waals surface area contributed by atoms with E-state index >= 15 is 0 Å². The van der Waals surface area contributed by atoms with E-state index in [9.17, 15) is 8.42 Å². The molecule has 2 aliphatic rings. The van der Waals surface area contributed by atoms with Crippen molar-refractivity contribution < 1.29 is 8.42 Å². The first kappa shape index (κ1) is 14.0. The zero-order valence-corrected chi connectivity index (χ0v) is 12.7. The molecule has 1 saturated heterocycles. The molecule has 110 valence electrons. The summed E-state index contributed by atoms with van der Waals surface area (Å²) in [7, 11) is -1.08. The average Bonchev–Trinajstić information content (AvgIpc) is 2.88. The van der Waals surface area contributed by atoms with Gasteiger partial charge in [0.05, 0.1) is 10.6 Å². The first-order valence-corrected chi connectivity index (χ1v) is 8.97. The Bertz CT molecular complexity index is 585. The second kappa shape index (κ2) is 5.47. The molecule has 0 bridgehead atoms. The molecule has 0 radical (unpaired) electrons. The molecule has 1 N–H and O–H groups in total. The van der Waals surface area contributed by atoms with Gasteiger partial charge in [-0.25, -0.2) is 8.42 Å². The lowest BCUT2D eigenvalue weighted by Gasteiger charge is -2.33. The maximum Gasteiger partial charge on any atom is 0.178 e. The van der Waals surface area contributed by atoms with E-state index < -0.39 is 9.84 Å². The molecule has 5 heteroatoms. The molecule has 0 aromatic heterocycles. The van der Waals surface area contributed by atoms with Crippen molar-refractivity contribution in [3.63, 3.8) is 0 Å². The van der Waals surface area contributed by atoms with Crippen LogP contribution in [0.4, 0.5) is 0 Å².